The topological polar surface area (TPSA) is 17.1 Å². The Balaban J connectivity index is 2.18. The van der Waals surface area contributed by atoms with Gasteiger partial charge in [0.05, 0.1) is 0 Å². The molecule has 0 aromatic carbocycles. The van der Waals surface area contributed by atoms with Gasteiger partial charge in [0.1, 0.15) is 6.29 Å². The molecule has 1 aliphatic carbocycles. The van der Waals surface area contributed by atoms with E-state index in [-0.39, 0.29) is 5.41 Å². The van der Waals surface area contributed by atoms with Crippen LogP contribution in [0.1, 0.15) is 39.0 Å². The smallest absolute Gasteiger partial charge is 0.129 e. The van der Waals surface area contributed by atoms with Crippen LogP contribution in [0.25, 0.3) is 0 Å². The maximum atomic E-state index is 10.5. The molecule has 1 heteroatoms. The number of hydrogen-bond acceptors (Lipinski definition) is 1. The summed E-state index contributed by atoms with van der Waals surface area (Å²) in [5, 5.41) is 0. The maximum Gasteiger partial charge on any atom is 0.129 e. The predicted octanol–water partition coefficient (Wildman–Crippen LogP) is 2.71. The first-order chi connectivity index (χ1) is 5.33. The molecule has 1 aliphatic rings. The van der Waals surface area contributed by atoms with Crippen molar-refractivity contribution in [2.45, 2.75) is 39.0 Å². The van der Waals surface area contributed by atoms with E-state index in [1.165, 1.54) is 12.8 Å². The zero-order valence-corrected chi connectivity index (χ0v) is 7.18. The Kier molecular flexibility index (Phi) is 2.86. The Labute approximate surface area is 68.5 Å². The molecule has 0 amide bonds. The van der Waals surface area contributed by atoms with Crippen LogP contribution in [0.15, 0.2) is 12.2 Å². The Morgan fingerprint density at radius 3 is 2.64 bits per heavy atom. The lowest BCUT2D eigenvalue weighted by Crippen LogP contribution is -1.94. The highest BCUT2D eigenvalue weighted by Gasteiger charge is 2.39. The van der Waals surface area contributed by atoms with Gasteiger partial charge in [-0.3, -0.25) is 0 Å². The highest BCUT2D eigenvalue weighted by atomic mass is 16.1. The van der Waals surface area contributed by atoms with Crippen LogP contribution in [0.2, 0.25) is 0 Å². The monoisotopic (exact) mass is 152 g/mol. The second kappa shape index (κ2) is 3.70. The van der Waals surface area contributed by atoms with E-state index < -0.39 is 0 Å². The lowest BCUT2D eigenvalue weighted by Gasteiger charge is -1.95. The molecule has 0 N–H and O–H groups in total. The molecule has 0 atom stereocenters. The summed E-state index contributed by atoms with van der Waals surface area (Å²) in [6, 6.07) is 0. The third-order valence-corrected chi connectivity index (χ3v) is 2.24. The quantitative estimate of drug-likeness (QED) is 0.336. The molecule has 1 fully saturated rings. The molecule has 0 aromatic heterocycles. The fraction of sp³-hybridized carbons (Fsp3) is 0.700. The van der Waals surface area contributed by atoms with E-state index in [2.05, 4.69) is 19.1 Å². The van der Waals surface area contributed by atoms with Crippen LogP contribution in [-0.4, -0.2) is 6.29 Å². The standard InChI is InChI=1S/C10H16O/c1-2-3-4-5-6-10(9-11)7-8-10/h5-6,9H,2-4,7-8H2,1H3. The van der Waals surface area contributed by atoms with Gasteiger partial charge in [-0.1, -0.05) is 31.9 Å². The summed E-state index contributed by atoms with van der Waals surface area (Å²) < 4.78 is 0. The van der Waals surface area contributed by atoms with Gasteiger partial charge < -0.3 is 4.79 Å². The Bertz CT molecular complexity index is 154. The maximum absolute atomic E-state index is 10.5. The van der Waals surface area contributed by atoms with Gasteiger partial charge in [-0.25, -0.2) is 0 Å². The van der Waals surface area contributed by atoms with Gasteiger partial charge in [0, 0.05) is 5.41 Å². The van der Waals surface area contributed by atoms with Crippen LogP contribution in [0.3, 0.4) is 0 Å². The van der Waals surface area contributed by atoms with E-state index in [9.17, 15) is 4.79 Å². The zero-order valence-electron chi connectivity index (χ0n) is 7.18. The van der Waals surface area contributed by atoms with Crippen LogP contribution in [0, 0.1) is 5.41 Å². The van der Waals surface area contributed by atoms with Gasteiger partial charge in [-0.05, 0) is 19.3 Å². The van der Waals surface area contributed by atoms with Crippen LogP contribution >= 0.6 is 0 Å². The molecule has 0 unspecified atom stereocenters. The Morgan fingerprint density at radius 1 is 1.45 bits per heavy atom. The first-order valence-corrected chi connectivity index (χ1v) is 4.47. The van der Waals surface area contributed by atoms with E-state index >= 15 is 0 Å². The molecular weight excluding hydrogens is 136 g/mol. The lowest BCUT2D eigenvalue weighted by molar-refractivity contribution is -0.110. The summed E-state index contributed by atoms with van der Waals surface area (Å²) in [5.74, 6) is 0. The molecule has 1 rings (SSSR count). The van der Waals surface area contributed by atoms with E-state index in [0.717, 1.165) is 25.5 Å². The number of hydrogen-bond donors (Lipinski definition) is 0. The predicted molar refractivity (Wildman–Crippen MR) is 46.4 cm³/mol. The van der Waals surface area contributed by atoms with Gasteiger partial charge in [0.15, 0.2) is 0 Å². The molecule has 0 bridgehead atoms. The van der Waals surface area contributed by atoms with Crippen molar-refractivity contribution in [1.82, 2.24) is 0 Å². The highest BCUT2D eigenvalue weighted by molar-refractivity contribution is 5.66. The first kappa shape index (κ1) is 8.51. The van der Waals surface area contributed by atoms with Crippen LogP contribution in [0.4, 0.5) is 0 Å². The molecule has 1 nitrogen and oxygen atoms in total. The lowest BCUT2D eigenvalue weighted by atomic mass is 10.1. The minimum atomic E-state index is -0.0201. The summed E-state index contributed by atoms with van der Waals surface area (Å²) in [5.41, 5.74) is -0.0201. The van der Waals surface area contributed by atoms with Crippen molar-refractivity contribution in [3.63, 3.8) is 0 Å². The van der Waals surface area contributed by atoms with E-state index in [1.54, 1.807) is 0 Å². The summed E-state index contributed by atoms with van der Waals surface area (Å²) in [6.07, 6.45) is 11.1. The Morgan fingerprint density at radius 2 is 2.18 bits per heavy atom. The van der Waals surface area contributed by atoms with Crippen molar-refractivity contribution >= 4 is 6.29 Å². The van der Waals surface area contributed by atoms with Gasteiger partial charge in [-0.2, -0.15) is 0 Å². The van der Waals surface area contributed by atoms with Crippen molar-refractivity contribution in [2.24, 2.45) is 5.41 Å². The average molecular weight is 152 g/mol. The third kappa shape index (κ3) is 2.49. The molecule has 0 spiro atoms. The summed E-state index contributed by atoms with van der Waals surface area (Å²) in [7, 11) is 0. The van der Waals surface area contributed by atoms with Crippen LogP contribution in [-0.2, 0) is 4.79 Å². The van der Waals surface area contributed by atoms with Gasteiger partial charge in [0.2, 0.25) is 0 Å². The molecular formula is C10H16O. The minimum absolute atomic E-state index is 0.0201. The molecule has 11 heavy (non-hydrogen) atoms. The second-order valence-electron chi connectivity index (χ2n) is 3.40. The normalized spacial score (nSPS) is 20.5. The zero-order chi connectivity index (χ0) is 8.16. The van der Waals surface area contributed by atoms with E-state index in [4.69, 9.17) is 0 Å². The highest BCUT2D eigenvalue weighted by Crippen LogP contribution is 2.44. The molecule has 0 saturated heterocycles. The minimum Gasteiger partial charge on any atom is -0.302 e. The van der Waals surface area contributed by atoms with Gasteiger partial charge >= 0.3 is 0 Å². The third-order valence-electron chi connectivity index (χ3n) is 2.24. The van der Waals surface area contributed by atoms with Crippen molar-refractivity contribution in [1.29, 1.82) is 0 Å². The molecule has 0 radical (unpaired) electrons. The second-order valence-corrected chi connectivity index (χ2v) is 3.40. The summed E-state index contributed by atoms with van der Waals surface area (Å²) >= 11 is 0. The van der Waals surface area contributed by atoms with Crippen molar-refractivity contribution in [3.05, 3.63) is 12.2 Å². The summed E-state index contributed by atoms with van der Waals surface area (Å²) in [4.78, 5) is 10.5. The largest absolute Gasteiger partial charge is 0.302 e. The van der Waals surface area contributed by atoms with E-state index in [0.29, 0.717) is 0 Å². The SMILES string of the molecule is CCCCC=CC1(C=O)CC1. The van der Waals surface area contributed by atoms with E-state index in [1.807, 2.05) is 0 Å². The van der Waals surface area contributed by atoms with Crippen LogP contribution in [0.5, 0.6) is 0 Å². The number of aldehydes is 1. The fourth-order valence-corrected chi connectivity index (χ4v) is 1.11. The fourth-order valence-electron chi connectivity index (χ4n) is 1.11. The summed E-state index contributed by atoms with van der Waals surface area (Å²) in [6.45, 7) is 2.18. The van der Waals surface area contributed by atoms with Crippen molar-refractivity contribution < 1.29 is 4.79 Å². The molecule has 62 valence electrons. The molecule has 0 aromatic rings. The first-order valence-electron chi connectivity index (χ1n) is 4.47. The van der Waals surface area contributed by atoms with Crippen LogP contribution < -0.4 is 0 Å². The average Bonchev–Trinajstić information content (AvgIpc) is 2.80. The molecule has 0 aliphatic heterocycles. The number of unbranched alkanes of at least 4 members (excludes halogenated alkanes) is 2. The van der Waals surface area contributed by atoms with Crippen molar-refractivity contribution in [2.75, 3.05) is 0 Å². The molecule has 0 heterocycles. The Hall–Kier alpha value is -0.590. The molecule has 1 saturated carbocycles. The van der Waals surface area contributed by atoms with Gasteiger partial charge in [0.25, 0.3) is 0 Å². The van der Waals surface area contributed by atoms with Crippen molar-refractivity contribution in [3.8, 4) is 0 Å². The number of carbonyl (C=O) groups is 1. The number of rotatable bonds is 5. The van der Waals surface area contributed by atoms with Gasteiger partial charge in [-0.15, -0.1) is 0 Å². The number of allylic oxidation sites excluding steroid dienone is 2. The number of carbonyl (C=O) groups excluding carboxylic acids is 1.